The molecule has 0 N–H and O–H groups in total. The predicted molar refractivity (Wildman–Crippen MR) is 92.2 cm³/mol. The summed E-state index contributed by atoms with van der Waals surface area (Å²) in [6.45, 7) is 8.59. The van der Waals surface area contributed by atoms with E-state index < -0.39 is 0 Å². The van der Waals surface area contributed by atoms with Gasteiger partial charge < -0.3 is 9.47 Å². The number of imidazole rings is 2. The molecule has 122 valence electrons. The van der Waals surface area contributed by atoms with Crippen LogP contribution < -0.4 is 4.90 Å². The zero-order chi connectivity index (χ0) is 16.0. The number of anilines is 1. The maximum absolute atomic E-state index is 4.78. The van der Waals surface area contributed by atoms with Crippen molar-refractivity contribution in [3.05, 3.63) is 30.6 Å². The number of hydrogen-bond donors (Lipinski definition) is 0. The second-order valence-electron chi connectivity index (χ2n) is 7.24. The van der Waals surface area contributed by atoms with Gasteiger partial charge in [0.05, 0.1) is 18.2 Å². The topological polar surface area (TPSA) is 51.2 Å². The first kappa shape index (κ1) is 14.7. The van der Waals surface area contributed by atoms with E-state index in [-0.39, 0.29) is 5.41 Å². The minimum atomic E-state index is 0.0607. The SMILES string of the molecule is CC(C)(C)c1cn2nc(N3CCCC3Cn3ccnc3)sc2n1. The van der Waals surface area contributed by atoms with E-state index in [9.17, 15) is 0 Å². The van der Waals surface area contributed by atoms with Crippen molar-refractivity contribution in [2.45, 2.75) is 51.6 Å². The summed E-state index contributed by atoms with van der Waals surface area (Å²) in [6.07, 6.45) is 10.2. The van der Waals surface area contributed by atoms with Crippen LogP contribution in [0.25, 0.3) is 4.96 Å². The third-order valence-electron chi connectivity index (χ3n) is 4.40. The van der Waals surface area contributed by atoms with Crippen LogP contribution in [-0.4, -0.2) is 36.7 Å². The fourth-order valence-electron chi connectivity index (χ4n) is 3.08. The molecule has 0 bridgehead atoms. The summed E-state index contributed by atoms with van der Waals surface area (Å²) >= 11 is 1.69. The second-order valence-corrected chi connectivity index (χ2v) is 8.17. The zero-order valence-electron chi connectivity index (χ0n) is 13.8. The molecule has 4 rings (SSSR count). The Kier molecular flexibility index (Phi) is 3.41. The van der Waals surface area contributed by atoms with Crippen LogP contribution in [0.5, 0.6) is 0 Å². The maximum Gasteiger partial charge on any atom is 0.214 e. The Morgan fingerprint density at radius 1 is 1.35 bits per heavy atom. The highest BCUT2D eigenvalue weighted by Gasteiger charge is 2.28. The first-order chi connectivity index (χ1) is 11.0. The summed E-state index contributed by atoms with van der Waals surface area (Å²) in [4.78, 5) is 12.3. The minimum Gasteiger partial charge on any atom is -0.342 e. The highest BCUT2D eigenvalue weighted by molar-refractivity contribution is 7.20. The van der Waals surface area contributed by atoms with Crippen LogP contribution in [0.15, 0.2) is 24.9 Å². The van der Waals surface area contributed by atoms with Crippen molar-refractivity contribution in [3.8, 4) is 0 Å². The summed E-state index contributed by atoms with van der Waals surface area (Å²) in [7, 11) is 0. The Hall–Kier alpha value is -1.89. The molecule has 0 amide bonds. The molecule has 1 atom stereocenters. The van der Waals surface area contributed by atoms with Gasteiger partial charge in [-0.15, -0.1) is 5.10 Å². The van der Waals surface area contributed by atoms with Gasteiger partial charge in [0.1, 0.15) is 0 Å². The second kappa shape index (κ2) is 5.33. The molecule has 0 aromatic carbocycles. The summed E-state index contributed by atoms with van der Waals surface area (Å²) in [6, 6.07) is 0.488. The van der Waals surface area contributed by atoms with Crippen LogP contribution in [0, 0.1) is 0 Å². The molecule has 0 spiro atoms. The molecule has 1 fully saturated rings. The van der Waals surface area contributed by atoms with Crippen molar-refractivity contribution in [2.75, 3.05) is 11.4 Å². The van der Waals surface area contributed by atoms with Crippen molar-refractivity contribution in [1.29, 1.82) is 0 Å². The Morgan fingerprint density at radius 2 is 2.22 bits per heavy atom. The fraction of sp³-hybridized carbons (Fsp3) is 0.562. The van der Waals surface area contributed by atoms with Gasteiger partial charge in [0.25, 0.3) is 0 Å². The van der Waals surface area contributed by atoms with Crippen molar-refractivity contribution in [1.82, 2.24) is 24.1 Å². The van der Waals surface area contributed by atoms with E-state index in [1.54, 1.807) is 11.3 Å². The summed E-state index contributed by atoms with van der Waals surface area (Å²) < 4.78 is 4.09. The zero-order valence-corrected chi connectivity index (χ0v) is 14.6. The monoisotopic (exact) mass is 330 g/mol. The average molecular weight is 330 g/mol. The summed E-state index contributed by atoms with van der Waals surface area (Å²) in [5, 5.41) is 5.86. The Labute approximate surface area is 139 Å². The minimum absolute atomic E-state index is 0.0607. The van der Waals surface area contributed by atoms with E-state index in [1.807, 2.05) is 23.2 Å². The van der Waals surface area contributed by atoms with Crippen molar-refractivity contribution in [2.24, 2.45) is 0 Å². The van der Waals surface area contributed by atoms with Gasteiger partial charge in [-0.25, -0.2) is 14.5 Å². The molecule has 3 aromatic rings. The smallest absolute Gasteiger partial charge is 0.214 e. The van der Waals surface area contributed by atoms with Crippen LogP contribution in [0.4, 0.5) is 5.13 Å². The largest absolute Gasteiger partial charge is 0.342 e. The lowest BCUT2D eigenvalue weighted by atomic mass is 9.93. The third kappa shape index (κ3) is 2.73. The van der Waals surface area contributed by atoms with Gasteiger partial charge in [0, 0.05) is 36.9 Å². The van der Waals surface area contributed by atoms with Gasteiger partial charge in [-0.3, -0.25) is 0 Å². The number of aromatic nitrogens is 5. The normalized spacial score (nSPS) is 19.1. The fourth-order valence-corrected chi connectivity index (χ4v) is 4.06. The standard InChI is InChI=1S/C16H22N6S/c1-16(2,3)13-10-22-14(18-13)23-15(19-22)21-7-4-5-12(21)9-20-8-6-17-11-20/h6,8,10-12H,4-5,7,9H2,1-3H3. The van der Waals surface area contributed by atoms with Crippen LogP contribution in [0.2, 0.25) is 0 Å². The average Bonchev–Trinajstić information content (AvgIpc) is 3.20. The molecule has 0 saturated carbocycles. The Bertz CT molecular complexity index is 763. The molecule has 1 aliphatic heterocycles. The summed E-state index contributed by atoms with van der Waals surface area (Å²) in [5.41, 5.74) is 1.16. The van der Waals surface area contributed by atoms with Gasteiger partial charge in [-0.05, 0) is 12.8 Å². The van der Waals surface area contributed by atoms with Crippen molar-refractivity contribution in [3.63, 3.8) is 0 Å². The molecule has 0 radical (unpaired) electrons. The molecule has 1 saturated heterocycles. The van der Waals surface area contributed by atoms with Crippen LogP contribution in [0.1, 0.15) is 39.3 Å². The van der Waals surface area contributed by atoms with Gasteiger partial charge in [0.15, 0.2) is 0 Å². The predicted octanol–water partition coefficient (Wildman–Crippen LogP) is 2.95. The van der Waals surface area contributed by atoms with E-state index in [1.165, 1.54) is 12.8 Å². The molecule has 1 unspecified atom stereocenters. The molecule has 0 aliphatic carbocycles. The van der Waals surface area contributed by atoms with Gasteiger partial charge >= 0.3 is 0 Å². The summed E-state index contributed by atoms with van der Waals surface area (Å²) in [5.74, 6) is 0. The van der Waals surface area contributed by atoms with E-state index >= 15 is 0 Å². The maximum atomic E-state index is 4.78. The number of fused-ring (bicyclic) bond motifs is 1. The molecule has 6 nitrogen and oxygen atoms in total. The van der Waals surface area contributed by atoms with Gasteiger partial charge in [0.2, 0.25) is 10.1 Å². The molecule has 23 heavy (non-hydrogen) atoms. The van der Waals surface area contributed by atoms with Crippen molar-refractivity contribution >= 4 is 21.4 Å². The Morgan fingerprint density at radius 3 is 2.91 bits per heavy atom. The third-order valence-corrected chi connectivity index (χ3v) is 5.36. The molecule has 4 heterocycles. The highest BCUT2D eigenvalue weighted by atomic mass is 32.1. The van der Waals surface area contributed by atoms with Crippen LogP contribution >= 0.6 is 11.3 Å². The van der Waals surface area contributed by atoms with Crippen LogP contribution in [-0.2, 0) is 12.0 Å². The number of nitrogens with zero attached hydrogens (tertiary/aromatic N) is 6. The first-order valence-corrected chi connectivity index (χ1v) is 8.91. The van der Waals surface area contributed by atoms with Gasteiger partial charge in [-0.1, -0.05) is 32.1 Å². The number of hydrogen-bond acceptors (Lipinski definition) is 5. The molecular weight excluding hydrogens is 308 g/mol. The first-order valence-electron chi connectivity index (χ1n) is 8.10. The lowest BCUT2D eigenvalue weighted by Crippen LogP contribution is -2.32. The molecular formula is C16H22N6S. The van der Waals surface area contributed by atoms with E-state index in [2.05, 4.69) is 41.4 Å². The van der Waals surface area contributed by atoms with Gasteiger partial charge in [-0.2, -0.15) is 0 Å². The van der Waals surface area contributed by atoms with Crippen LogP contribution in [0.3, 0.4) is 0 Å². The quantitative estimate of drug-likeness (QED) is 0.741. The highest BCUT2D eigenvalue weighted by Crippen LogP contribution is 2.32. The van der Waals surface area contributed by atoms with E-state index in [0.29, 0.717) is 6.04 Å². The lowest BCUT2D eigenvalue weighted by Gasteiger charge is -2.23. The Balaban J connectivity index is 1.59. The van der Waals surface area contributed by atoms with E-state index in [0.717, 1.165) is 28.9 Å². The lowest BCUT2D eigenvalue weighted by molar-refractivity contribution is 0.547. The molecule has 1 aliphatic rings. The van der Waals surface area contributed by atoms with Crippen molar-refractivity contribution < 1.29 is 0 Å². The van der Waals surface area contributed by atoms with E-state index in [4.69, 9.17) is 10.1 Å². The molecule has 3 aromatic heterocycles. The number of rotatable bonds is 3. The molecule has 7 heteroatoms.